The minimum atomic E-state index is -0.529. The third-order valence-electron chi connectivity index (χ3n) is 7.97. The fourth-order valence-corrected chi connectivity index (χ4v) is 5.81. The van der Waals surface area contributed by atoms with Crippen LogP contribution in [0.5, 0.6) is 11.8 Å². The molecule has 0 saturated carbocycles. The normalized spacial score (nSPS) is 15.2. The molecule has 1 fully saturated rings. The fraction of sp³-hybridized carbons (Fsp3) is 0.324. The zero-order valence-corrected chi connectivity index (χ0v) is 27.1. The van der Waals surface area contributed by atoms with E-state index >= 15 is 0 Å². The van der Waals surface area contributed by atoms with Gasteiger partial charge in [0.05, 0.1) is 16.8 Å². The molecule has 9 heteroatoms. The number of aromatic nitrogens is 3. The second-order valence-corrected chi connectivity index (χ2v) is 12.7. The first kappa shape index (κ1) is 31.0. The Balaban J connectivity index is 1.31. The van der Waals surface area contributed by atoms with Gasteiger partial charge in [0.2, 0.25) is 11.8 Å². The van der Waals surface area contributed by atoms with Gasteiger partial charge in [-0.1, -0.05) is 72.8 Å². The number of anilines is 1. The number of carbonyl (C=O) groups excluding carboxylic acids is 1. The van der Waals surface area contributed by atoms with E-state index in [1.54, 1.807) is 4.90 Å². The van der Waals surface area contributed by atoms with Gasteiger partial charge in [-0.15, -0.1) is 0 Å². The van der Waals surface area contributed by atoms with E-state index in [1.165, 1.54) is 0 Å². The van der Waals surface area contributed by atoms with E-state index in [4.69, 9.17) is 24.3 Å². The van der Waals surface area contributed by atoms with E-state index in [0.29, 0.717) is 44.6 Å². The first-order chi connectivity index (χ1) is 22.2. The summed E-state index contributed by atoms with van der Waals surface area (Å²) in [7, 11) is 1.96. The Bertz CT molecular complexity index is 1800. The van der Waals surface area contributed by atoms with E-state index in [2.05, 4.69) is 30.0 Å². The van der Waals surface area contributed by atoms with Gasteiger partial charge >= 0.3 is 6.09 Å². The molecule has 1 amide bonds. The number of hydrogen-bond acceptors (Lipinski definition) is 7. The molecule has 6 rings (SSSR count). The number of hydrogen-bond donors (Lipinski definition) is 0. The Hall–Kier alpha value is -5.05. The van der Waals surface area contributed by atoms with Crippen molar-refractivity contribution in [1.29, 1.82) is 0 Å². The monoisotopic (exact) mass is 619 g/mol. The molecule has 0 spiro atoms. The third-order valence-corrected chi connectivity index (χ3v) is 7.97. The maximum absolute atomic E-state index is 12.8. The molecule has 0 N–H and O–H groups in total. The van der Waals surface area contributed by atoms with Gasteiger partial charge in [0.25, 0.3) is 0 Å². The molecule has 2 aromatic heterocycles. The lowest BCUT2D eigenvalue weighted by atomic mass is 10.1. The summed E-state index contributed by atoms with van der Waals surface area (Å²) in [5.74, 6) is 0.937. The fourth-order valence-electron chi connectivity index (χ4n) is 5.81. The molecule has 1 saturated heterocycles. The SMILES string of the molecule is C[C@@H]1CN(C(=O)OC(C)(C)C)CCN1c1cccc2c(-c3ccc(OCc4ccccc4)nc3OCc3ccccc3)nn(C)c12. The molecule has 1 atom stereocenters. The van der Waals surface area contributed by atoms with Crippen molar-refractivity contribution in [3.05, 3.63) is 102 Å². The molecule has 3 aromatic carbocycles. The van der Waals surface area contributed by atoms with Crippen LogP contribution in [0.4, 0.5) is 10.5 Å². The average molecular weight is 620 g/mol. The standard InChI is InChI=1S/C37H41N5O4/c1-26-23-41(36(43)46-37(2,3)4)21-22-42(26)31-18-12-17-29-33(39-40(5)34(29)31)30-19-20-32(44-24-27-13-8-6-9-14-27)38-35(30)45-25-28-15-10-7-11-16-28/h6-20,26H,21-25H2,1-5H3/t26-/m1/s1. The molecule has 1 aliphatic heterocycles. The molecule has 9 nitrogen and oxygen atoms in total. The van der Waals surface area contributed by atoms with Crippen LogP contribution in [0.3, 0.4) is 0 Å². The molecule has 3 heterocycles. The molecule has 5 aromatic rings. The van der Waals surface area contributed by atoms with Crippen molar-refractivity contribution >= 4 is 22.7 Å². The Morgan fingerprint density at radius 3 is 2.17 bits per heavy atom. The largest absolute Gasteiger partial charge is 0.473 e. The van der Waals surface area contributed by atoms with Gasteiger partial charge in [-0.25, -0.2) is 4.79 Å². The highest BCUT2D eigenvalue weighted by Gasteiger charge is 2.31. The van der Waals surface area contributed by atoms with Crippen LogP contribution in [-0.2, 0) is 25.0 Å². The number of pyridine rings is 1. The van der Waals surface area contributed by atoms with Crippen molar-refractivity contribution < 1.29 is 19.0 Å². The molecular weight excluding hydrogens is 578 g/mol. The molecule has 238 valence electrons. The maximum Gasteiger partial charge on any atom is 0.410 e. The smallest absolute Gasteiger partial charge is 0.410 e. The number of para-hydroxylation sites is 1. The maximum atomic E-state index is 12.8. The zero-order valence-electron chi connectivity index (χ0n) is 27.1. The van der Waals surface area contributed by atoms with E-state index in [-0.39, 0.29) is 12.1 Å². The topological polar surface area (TPSA) is 82.0 Å². The summed E-state index contributed by atoms with van der Waals surface area (Å²) in [6.07, 6.45) is -0.272. The van der Waals surface area contributed by atoms with Crippen molar-refractivity contribution in [3.63, 3.8) is 0 Å². The number of piperazine rings is 1. The minimum Gasteiger partial charge on any atom is -0.473 e. The van der Waals surface area contributed by atoms with Crippen molar-refractivity contribution in [2.75, 3.05) is 24.5 Å². The predicted molar refractivity (Wildman–Crippen MR) is 180 cm³/mol. The van der Waals surface area contributed by atoms with Crippen LogP contribution in [0, 0.1) is 0 Å². The molecule has 46 heavy (non-hydrogen) atoms. The molecule has 0 radical (unpaired) electrons. The van der Waals surface area contributed by atoms with Crippen molar-refractivity contribution in [3.8, 4) is 23.0 Å². The second-order valence-electron chi connectivity index (χ2n) is 12.7. The van der Waals surface area contributed by atoms with Gasteiger partial charge in [-0.05, 0) is 51.0 Å². The van der Waals surface area contributed by atoms with E-state index in [0.717, 1.165) is 39.0 Å². The Morgan fingerprint density at radius 2 is 1.52 bits per heavy atom. The van der Waals surface area contributed by atoms with E-state index in [9.17, 15) is 4.79 Å². The minimum absolute atomic E-state index is 0.0812. The molecule has 0 bridgehead atoms. The number of fused-ring (bicyclic) bond motifs is 1. The van der Waals surface area contributed by atoms with Crippen LogP contribution in [0.25, 0.3) is 22.2 Å². The Labute approximate surface area is 270 Å². The van der Waals surface area contributed by atoms with Crippen LogP contribution >= 0.6 is 0 Å². The summed E-state index contributed by atoms with van der Waals surface area (Å²) < 4.78 is 20.0. The zero-order chi connectivity index (χ0) is 32.3. The molecule has 0 unspecified atom stereocenters. The summed E-state index contributed by atoms with van der Waals surface area (Å²) in [6.45, 7) is 10.4. The average Bonchev–Trinajstić information content (AvgIpc) is 3.39. The summed E-state index contributed by atoms with van der Waals surface area (Å²) in [5, 5.41) is 6.00. The van der Waals surface area contributed by atoms with Crippen LogP contribution < -0.4 is 14.4 Å². The Morgan fingerprint density at radius 1 is 0.848 bits per heavy atom. The van der Waals surface area contributed by atoms with Crippen LogP contribution in [0.15, 0.2) is 91.0 Å². The van der Waals surface area contributed by atoms with Crippen LogP contribution in [0.1, 0.15) is 38.8 Å². The van der Waals surface area contributed by atoms with Gasteiger partial charge in [-0.2, -0.15) is 10.1 Å². The van der Waals surface area contributed by atoms with Gasteiger partial charge in [0.1, 0.15) is 24.5 Å². The highest BCUT2D eigenvalue weighted by atomic mass is 16.6. The quantitative estimate of drug-likeness (QED) is 0.181. The van der Waals surface area contributed by atoms with E-state index in [1.807, 2.05) is 105 Å². The van der Waals surface area contributed by atoms with Crippen molar-refractivity contribution in [2.45, 2.75) is 52.6 Å². The van der Waals surface area contributed by atoms with Gasteiger partial charge in [-0.3, -0.25) is 4.68 Å². The summed E-state index contributed by atoms with van der Waals surface area (Å²) >= 11 is 0. The highest BCUT2D eigenvalue weighted by molar-refractivity contribution is 6.01. The number of nitrogens with zero attached hydrogens (tertiary/aromatic N) is 5. The number of aryl methyl sites for hydroxylation is 1. The van der Waals surface area contributed by atoms with Crippen molar-refractivity contribution in [2.24, 2.45) is 7.05 Å². The number of amides is 1. The first-order valence-corrected chi connectivity index (χ1v) is 15.7. The summed E-state index contributed by atoms with van der Waals surface area (Å²) in [6, 6.07) is 30.3. The highest BCUT2D eigenvalue weighted by Crippen LogP contribution is 2.39. The lowest BCUT2D eigenvalue weighted by Gasteiger charge is -2.41. The van der Waals surface area contributed by atoms with Crippen LogP contribution in [0.2, 0.25) is 0 Å². The molecule has 1 aliphatic rings. The third kappa shape index (κ3) is 6.93. The van der Waals surface area contributed by atoms with Crippen LogP contribution in [-0.4, -0.2) is 57.0 Å². The van der Waals surface area contributed by atoms with Gasteiger partial charge < -0.3 is 24.0 Å². The lowest BCUT2D eigenvalue weighted by molar-refractivity contribution is 0.0219. The number of benzene rings is 3. The van der Waals surface area contributed by atoms with Crippen molar-refractivity contribution in [1.82, 2.24) is 19.7 Å². The lowest BCUT2D eigenvalue weighted by Crippen LogP contribution is -2.54. The number of rotatable bonds is 8. The number of ether oxygens (including phenoxy) is 3. The summed E-state index contributed by atoms with van der Waals surface area (Å²) in [5.41, 5.74) is 5.21. The molecule has 0 aliphatic carbocycles. The van der Waals surface area contributed by atoms with Gasteiger partial charge in [0, 0.05) is 44.2 Å². The first-order valence-electron chi connectivity index (χ1n) is 15.7. The summed E-state index contributed by atoms with van der Waals surface area (Å²) in [4.78, 5) is 21.7. The second kappa shape index (κ2) is 13.1. The van der Waals surface area contributed by atoms with E-state index < -0.39 is 5.60 Å². The molecular formula is C37H41N5O4. The predicted octanol–water partition coefficient (Wildman–Crippen LogP) is 7.24. The number of carbonyl (C=O) groups is 1. The Kier molecular flexibility index (Phi) is 8.83. The van der Waals surface area contributed by atoms with Gasteiger partial charge in [0.15, 0.2) is 0 Å².